The highest BCUT2D eigenvalue weighted by atomic mass is 16.5. The third-order valence-corrected chi connectivity index (χ3v) is 5.30. The summed E-state index contributed by atoms with van der Waals surface area (Å²) in [7, 11) is 0. The van der Waals surface area contributed by atoms with Crippen LogP contribution in [0.15, 0.2) is 4.79 Å². The number of H-pyrrole nitrogens is 1. The van der Waals surface area contributed by atoms with Crippen LogP contribution in [0.2, 0.25) is 0 Å². The Balaban J connectivity index is 1.69. The molecule has 0 spiro atoms. The molecule has 6 nitrogen and oxygen atoms in total. The van der Waals surface area contributed by atoms with Crippen LogP contribution in [0.4, 0.5) is 0 Å². The van der Waals surface area contributed by atoms with Crippen LogP contribution in [0.5, 0.6) is 0 Å². The van der Waals surface area contributed by atoms with Gasteiger partial charge in [-0.15, -0.1) is 0 Å². The van der Waals surface area contributed by atoms with Gasteiger partial charge in [0.25, 0.3) is 5.56 Å². The molecule has 0 unspecified atom stereocenters. The van der Waals surface area contributed by atoms with Crippen LogP contribution in [0.1, 0.15) is 48.1 Å². The van der Waals surface area contributed by atoms with E-state index in [9.17, 15) is 9.59 Å². The van der Waals surface area contributed by atoms with Gasteiger partial charge in [0.1, 0.15) is 11.6 Å². The Kier molecular flexibility index (Phi) is 5.24. The van der Waals surface area contributed by atoms with E-state index in [4.69, 9.17) is 10.00 Å². The number of rotatable bonds is 6. The second-order valence-corrected chi connectivity index (χ2v) is 7.18. The number of aromatic nitrogens is 1. The van der Waals surface area contributed by atoms with Gasteiger partial charge in [0.2, 0.25) is 5.91 Å². The molecule has 25 heavy (non-hydrogen) atoms. The Morgan fingerprint density at radius 2 is 2.12 bits per heavy atom. The smallest absolute Gasteiger partial charge is 0.266 e. The molecule has 134 valence electrons. The average Bonchev–Trinajstić information content (AvgIpc) is 3.28. The molecule has 2 heterocycles. The third kappa shape index (κ3) is 3.93. The van der Waals surface area contributed by atoms with Crippen LogP contribution in [-0.4, -0.2) is 41.6 Å². The summed E-state index contributed by atoms with van der Waals surface area (Å²) in [6.07, 6.45) is 4.17. The molecule has 3 rings (SSSR count). The molecule has 0 radical (unpaired) electrons. The number of pyridine rings is 1. The molecule has 2 fully saturated rings. The number of nitrogens with one attached hydrogen (secondary N) is 1. The zero-order chi connectivity index (χ0) is 18.0. The minimum atomic E-state index is -0.353. The molecule has 6 heteroatoms. The molecule has 2 aliphatic rings. The van der Waals surface area contributed by atoms with E-state index in [1.807, 2.05) is 17.9 Å². The number of amides is 1. The standard InChI is InChI=1S/C19H25N3O3/c1-12-16(13(2)21-19(24)17(12)9-20)5-6-18(23)22(15-3-4-15)10-14-7-8-25-11-14/h14-15H,3-8,10-11H2,1-2H3,(H,21,24)/t14-/m0/s1. The van der Waals surface area contributed by atoms with E-state index in [-0.39, 0.29) is 17.0 Å². The number of aromatic amines is 1. The quantitative estimate of drug-likeness (QED) is 0.854. The molecule has 1 aliphatic carbocycles. The van der Waals surface area contributed by atoms with Crippen LogP contribution in [-0.2, 0) is 16.0 Å². The number of nitrogens with zero attached hydrogens (tertiary/aromatic N) is 2. The minimum absolute atomic E-state index is 0.148. The molecule has 1 aliphatic heterocycles. The zero-order valence-corrected chi connectivity index (χ0v) is 14.9. The van der Waals surface area contributed by atoms with Crippen molar-refractivity contribution in [2.24, 2.45) is 5.92 Å². The van der Waals surface area contributed by atoms with Gasteiger partial charge in [-0.2, -0.15) is 5.26 Å². The summed E-state index contributed by atoms with van der Waals surface area (Å²) in [5, 5.41) is 9.16. The molecule has 1 aromatic rings. The van der Waals surface area contributed by atoms with Gasteiger partial charge in [0.05, 0.1) is 6.61 Å². The highest BCUT2D eigenvalue weighted by Crippen LogP contribution is 2.30. The first-order valence-electron chi connectivity index (χ1n) is 9.01. The van der Waals surface area contributed by atoms with Gasteiger partial charge in [-0.3, -0.25) is 9.59 Å². The fourth-order valence-corrected chi connectivity index (χ4v) is 3.64. The van der Waals surface area contributed by atoms with Crippen LogP contribution >= 0.6 is 0 Å². The predicted octanol–water partition coefficient (Wildman–Crippen LogP) is 1.82. The Morgan fingerprint density at radius 1 is 1.36 bits per heavy atom. The first-order chi connectivity index (χ1) is 12.0. The zero-order valence-electron chi connectivity index (χ0n) is 14.9. The second-order valence-electron chi connectivity index (χ2n) is 7.18. The monoisotopic (exact) mass is 343 g/mol. The minimum Gasteiger partial charge on any atom is -0.381 e. The lowest BCUT2D eigenvalue weighted by Crippen LogP contribution is -2.37. The third-order valence-electron chi connectivity index (χ3n) is 5.30. The van der Waals surface area contributed by atoms with Crippen molar-refractivity contribution >= 4 is 5.91 Å². The summed E-state index contributed by atoms with van der Waals surface area (Å²) in [4.78, 5) is 29.3. The number of nitriles is 1. The summed E-state index contributed by atoms with van der Waals surface area (Å²) < 4.78 is 5.43. The normalized spacial score (nSPS) is 19.6. The van der Waals surface area contributed by atoms with E-state index in [1.54, 1.807) is 6.92 Å². The van der Waals surface area contributed by atoms with Gasteiger partial charge in [-0.05, 0) is 50.7 Å². The van der Waals surface area contributed by atoms with Crippen LogP contribution in [0, 0.1) is 31.1 Å². The van der Waals surface area contributed by atoms with Gasteiger partial charge in [-0.1, -0.05) is 0 Å². The Morgan fingerprint density at radius 3 is 2.72 bits per heavy atom. The topological polar surface area (TPSA) is 86.2 Å². The molecular formula is C19H25N3O3. The maximum Gasteiger partial charge on any atom is 0.266 e. The van der Waals surface area contributed by atoms with E-state index in [1.165, 1.54) is 0 Å². The maximum absolute atomic E-state index is 12.8. The lowest BCUT2D eigenvalue weighted by Gasteiger charge is -2.25. The number of hydrogen-bond donors (Lipinski definition) is 1. The summed E-state index contributed by atoms with van der Waals surface area (Å²) in [5.74, 6) is 0.615. The second kappa shape index (κ2) is 7.40. The van der Waals surface area contributed by atoms with Crippen molar-refractivity contribution in [1.82, 2.24) is 9.88 Å². The SMILES string of the molecule is Cc1[nH]c(=O)c(C#N)c(C)c1CCC(=O)N(C[C@@H]1CCOC1)C1CC1. The number of ether oxygens (including phenoxy) is 1. The van der Waals surface area contributed by atoms with Crippen molar-refractivity contribution in [3.8, 4) is 6.07 Å². The molecule has 1 aromatic heterocycles. The van der Waals surface area contributed by atoms with Gasteiger partial charge in [-0.25, -0.2) is 0 Å². The molecule has 1 amide bonds. The number of carbonyl (C=O) groups is 1. The van der Waals surface area contributed by atoms with Gasteiger partial charge < -0.3 is 14.6 Å². The molecule has 1 saturated heterocycles. The summed E-state index contributed by atoms with van der Waals surface area (Å²) in [6, 6.07) is 2.35. The van der Waals surface area contributed by atoms with Crippen LogP contribution in [0.3, 0.4) is 0 Å². The predicted molar refractivity (Wildman–Crippen MR) is 93.2 cm³/mol. The molecule has 0 bridgehead atoms. The first kappa shape index (κ1) is 17.7. The molecule has 1 saturated carbocycles. The van der Waals surface area contributed by atoms with Crippen molar-refractivity contribution in [2.45, 2.75) is 52.0 Å². The van der Waals surface area contributed by atoms with E-state index in [0.29, 0.717) is 30.4 Å². The Hall–Kier alpha value is -2.13. The molecule has 1 atom stereocenters. The molecule has 1 N–H and O–H groups in total. The largest absolute Gasteiger partial charge is 0.381 e. The van der Waals surface area contributed by atoms with Crippen molar-refractivity contribution in [3.05, 3.63) is 32.7 Å². The van der Waals surface area contributed by atoms with E-state index < -0.39 is 0 Å². The van der Waals surface area contributed by atoms with E-state index in [2.05, 4.69) is 4.98 Å². The maximum atomic E-state index is 12.8. The number of aryl methyl sites for hydroxylation is 1. The fraction of sp³-hybridized carbons (Fsp3) is 0.632. The lowest BCUT2D eigenvalue weighted by atomic mass is 9.98. The van der Waals surface area contributed by atoms with Gasteiger partial charge >= 0.3 is 0 Å². The van der Waals surface area contributed by atoms with Crippen molar-refractivity contribution in [3.63, 3.8) is 0 Å². The Bertz CT molecular complexity index is 752. The van der Waals surface area contributed by atoms with E-state index in [0.717, 1.165) is 50.3 Å². The number of hydrogen-bond acceptors (Lipinski definition) is 4. The van der Waals surface area contributed by atoms with Crippen molar-refractivity contribution < 1.29 is 9.53 Å². The van der Waals surface area contributed by atoms with Gasteiger partial charge in [0, 0.05) is 37.2 Å². The summed E-state index contributed by atoms with van der Waals surface area (Å²) in [6.45, 7) is 5.94. The highest BCUT2D eigenvalue weighted by Gasteiger charge is 2.34. The van der Waals surface area contributed by atoms with Gasteiger partial charge in [0.15, 0.2) is 0 Å². The molecular weight excluding hydrogens is 318 g/mol. The highest BCUT2D eigenvalue weighted by molar-refractivity contribution is 5.77. The first-order valence-corrected chi connectivity index (χ1v) is 9.01. The fourth-order valence-electron chi connectivity index (χ4n) is 3.64. The number of carbonyl (C=O) groups excluding carboxylic acids is 1. The average molecular weight is 343 g/mol. The molecule has 0 aromatic carbocycles. The van der Waals surface area contributed by atoms with Crippen LogP contribution in [0.25, 0.3) is 0 Å². The van der Waals surface area contributed by atoms with Crippen LogP contribution < -0.4 is 5.56 Å². The summed E-state index contributed by atoms with van der Waals surface area (Å²) in [5.41, 5.74) is 2.14. The summed E-state index contributed by atoms with van der Waals surface area (Å²) >= 11 is 0. The van der Waals surface area contributed by atoms with Crippen molar-refractivity contribution in [1.29, 1.82) is 5.26 Å². The Labute approximate surface area is 147 Å². The van der Waals surface area contributed by atoms with E-state index >= 15 is 0 Å². The van der Waals surface area contributed by atoms with Crippen molar-refractivity contribution in [2.75, 3.05) is 19.8 Å². The lowest BCUT2D eigenvalue weighted by molar-refractivity contribution is -0.132.